The molecular weight excluding hydrogens is 546 g/mol. The van der Waals surface area contributed by atoms with E-state index in [1.165, 1.54) is 11.1 Å². The number of hydrogen-bond acceptors (Lipinski definition) is 7. The van der Waals surface area contributed by atoms with Gasteiger partial charge in [-0.2, -0.15) is 0 Å². The van der Waals surface area contributed by atoms with Crippen molar-refractivity contribution in [2.75, 3.05) is 60.7 Å². The summed E-state index contributed by atoms with van der Waals surface area (Å²) in [6.45, 7) is 3.34. The summed E-state index contributed by atoms with van der Waals surface area (Å²) in [5, 5.41) is 11.3. The number of nitrogens with zero attached hydrogens (tertiary/aromatic N) is 3. The molecule has 3 aromatic rings. The van der Waals surface area contributed by atoms with E-state index in [0.717, 1.165) is 29.9 Å². The first-order chi connectivity index (χ1) is 20.9. The van der Waals surface area contributed by atoms with Gasteiger partial charge in [0, 0.05) is 68.6 Å². The van der Waals surface area contributed by atoms with Crippen LogP contribution in [0, 0.1) is 0 Å². The minimum atomic E-state index is -0.774. The van der Waals surface area contributed by atoms with E-state index in [2.05, 4.69) is 29.2 Å². The molecule has 0 spiro atoms. The molecule has 2 amide bonds. The lowest BCUT2D eigenvalue weighted by Gasteiger charge is -2.32. The number of methoxy groups -OCH3 is 2. The number of rotatable bonds is 11. The van der Waals surface area contributed by atoms with E-state index in [4.69, 9.17) is 14.2 Å². The summed E-state index contributed by atoms with van der Waals surface area (Å²) < 4.78 is 16.4. The number of fused-ring (bicyclic) bond motifs is 1. The van der Waals surface area contributed by atoms with Gasteiger partial charge < -0.3 is 29.1 Å². The van der Waals surface area contributed by atoms with Gasteiger partial charge in [0.1, 0.15) is 11.5 Å². The molecule has 1 fully saturated rings. The SMILES string of the molecule is COc1ccc(CN(C[C@H](O)CN(C)C(=O)c2ccc(C(=O)N3CCOCC3)cc2)C2Cc3ccccc3C2)c(OC)c1. The van der Waals surface area contributed by atoms with Crippen LogP contribution < -0.4 is 9.47 Å². The standard InChI is InChI=1S/C34H41N3O6/c1-35(33(39)24-8-10-25(11-9-24)34(40)36-14-16-43-17-15-36)22-30(38)23-37(29-18-26-6-4-5-7-27(26)19-29)21-28-12-13-31(41-2)20-32(28)42-3/h4-13,20,29-30,38H,14-19,21-23H2,1-3H3/t30-/m1/s1. The molecule has 1 N–H and O–H groups in total. The molecule has 1 aliphatic heterocycles. The lowest BCUT2D eigenvalue weighted by atomic mass is 10.1. The molecule has 1 heterocycles. The van der Waals surface area contributed by atoms with Crippen LogP contribution in [0.25, 0.3) is 0 Å². The van der Waals surface area contributed by atoms with Crippen LogP contribution in [0.5, 0.6) is 11.5 Å². The van der Waals surface area contributed by atoms with Gasteiger partial charge in [0.25, 0.3) is 11.8 Å². The fourth-order valence-corrected chi connectivity index (χ4v) is 5.99. The Kier molecular flexibility index (Phi) is 9.97. The molecule has 0 aromatic heterocycles. The topological polar surface area (TPSA) is 91.8 Å². The number of carbonyl (C=O) groups is 2. The number of aliphatic hydroxyl groups excluding tert-OH is 1. The van der Waals surface area contributed by atoms with Crippen LogP contribution in [-0.2, 0) is 24.1 Å². The molecule has 1 saturated heterocycles. The second-order valence-corrected chi connectivity index (χ2v) is 11.3. The van der Waals surface area contributed by atoms with Crippen molar-refractivity contribution in [3.8, 4) is 11.5 Å². The molecule has 43 heavy (non-hydrogen) atoms. The molecule has 1 aliphatic carbocycles. The number of morpholine rings is 1. The first-order valence-electron chi connectivity index (χ1n) is 14.8. The van der Waals surface area contributed by atoms with Crippen molar-refractivity contribution in [1.29, 1.82) is 0 Å². The molecule has 9 heteroatoms. The molecule has 0 unspecified atom stereocenters. The second-order valence-electron chi connectivity index (χ2n) is 11.3. The Hall–Kier alpha value is -3.92. The number of benzene rings is 3. The van der Waals surface area contributed by atoms with Crippen LogP contribution in [0.2, 0.25) is 0 Å². The van der Waals surface area contributed by atoms with Crippen molar-refractivity contribution < 1.29 is 28.9 Å². The smallest absolute Gasteiger partial charge is 0.254 e. The van der Waals surface area contributed by atoms with Gasteiger partial charge in [0.15, 0.2) is 0 Å². The van der Waals surface area contributed by atoms with Crippen molar-refractivity contribution in [3.05, 3.63) is 94.5 Å². The summed E-state index contributed by atoms with van der Waals surface area (Å²) in [6, 6.07) is 21.2. The van der Waals surface area contributed by atoms with Gasteiger partial charge in [0.05, 0.1) is 33.5 Å². The Labute approximate surface area is 253 Å². The van der Waals surface area contributed by atoms with E-state index < -0.39 is 6.10 Å². The maximum absolute atomic E-state index is 13.2. The van der Waals surface area contributed by atoms with Crippen molar-refractivity contribution in [2.24, 2.45) is 0 Å². The van der Waals surface area contributed by atoms with E-state index in [1.54, 1.807) is 55.3 Å². The minimum absolute atomic E-state index is 0.0614. The van der Waals surface area contributed by atoms with Crippen molar-refractivity contribution in [2.45, 2.75) is 31.5 Å². The average molecular weight is 588 g/mol. The number of hydrogen-bond donors (Lipinski definition) is 1. The first kappa shape index (κ1) is 30.5. The zero-order valence-corrected chi connectivity index (χ0v) is 25.2. The molecule has 0 bridgehead atoms. The molecule has 2 aliphatic rings. The third-order valence-corrected chi connectivity index (χ3v) is 8.37. The monoisotopic (exact) mass is 587 g/mol. The van der Waals surface area contributed by atoms with Gasteiger partial charge in [0.2, 0.25) is 0 Å². The van der Waals surface area contributed by atoms with E-state index in [9.17, 15) is 14.7 Å². The van der Waals surface area contributed by atoms with Gasteiger partial charge in [-0.05, 0) is 54.3 Å². The van der Waals surface area contributed by atoms with Crippen molar-refractivity contribution in [1.82, 2.24) is 14.7 Å². The van der Waals surface area contributed by atoms with Crippen LogP contribution in [0.1, 0.15) is 37.4 Å². The first-order valence-corrected chi connectivity index (χ1v) is 14.8. The van der Waals surface area contributed by atoms with Crippen LogP contribution >= 0.6 is 0 Å². The predicted molar refractivity (Wildman–Crippen MR) is 164 cm³/mol. The second kappa shape index (κ2) is 14.0. The molecule has 5 rings (SSSR count). The largest absolute Gasteiger partial charge is 0.497 e. The maximum Gasteiger partial charge on any atom is 0.254 e. The van der Waals surface area contributed by atoms with Gasteiger partial charge in [-0.25, -0.2) is 0 Å². The average Bonchev–Trinajstić information content (AvgIpc) is 3.49. The number of aliphatic hydroxyl groups is 1. The highest BCUT2D eigenvalue weighted by molar-refractivity contribution is 5.97. The van der Waals surface area contributed by atoms with E-state index in [1.807, 2.05) is 18.2 Å². The van der Waals surface area contributed by atoms with Crippen LogP contribution in [0.4, 0.5) is 0 Å². The molecule has 228 valence electrons. The van der Waals surface area contributed by atoms with Crippen LogP contribution in [0.3, 0.4) is 0 Å². The normalized spacial score (nSPS) is 15.7. The van der Waals surface area contributed by atoms with E-state index >= 15 is 0 Å². The highest BCUT2D eigenvalue weighted by Gasteiger charge is 2.29. The van der Waals surface area contributed by atoms with Gasteiger partial charge in [-0.3, -0.25) is 14.5 Å². The Morgan fingerprint density at radius 1 is 0.930 bits per heavy atom. The Morgan fingerprint density at radius 3 is 2.21 bits per heavy atom. The number of amides is 2. The number of carbonyl (C=O) groups excluding carboxylic acids is 2. The molecule has 0 radical (unpaired) electrons. The summed E-state index contributed by atoms with van der Waals surface area (Å²) in [4.78, 5) is 31.6. The summed E-state index contributed by atoms with van der Waals surface area (Å²) >= 11 is 0. The van der Waals surface area contributed by atoms with Crippen LogP contribution in [0.15, 0.2) is 66.7 Å². The molecule has 0 saturated carbocycles. The summed E-state index contributed by atoms with van der Waals surface area (Å²) in [5.74, 6) is 1.19. The summed E-state index contributed by atoms with van der Waals surface area (Å²) in [6.07, 6.45) is 1.01. The lowest BCUT2D eigenvalue weighted by molar-refractivity contribution is 0.0303. The van der Waals surface area contributed by atoms with Crippen molar-refractivity contribution >= 4 is 11.8 Å². The highest BCUT2D eigenvalue weighted by atomic mass is 16.5. The van der Waals surface area contributed by atoms with Crippen LogP contribution in [-0.4, -0.2) is 104 Å². The van der Waals surface area contributed by atoms with Crippen molar-refractivity contribution in [3.63, 3.8) is 0 Å². The fraction of sp³-hybridized carbons (Fsp3) is 0.412. The number of likely N-dealkylation sites (N-methyl/N-ethyl adjacent to an activating group) is 1. The summed E-state index contributed by atoms with van der Waals surface area (Å²) in [7, 11) is 4.97. The van der Waals surface area contributed by atoms with Gasteiger partial charge in [-0.15, -0.1) is 0 Å². The highest BCUT2D eigenvalue weighted by Crippen LogP contribution is 2.30. The molecule has 1 atom stereocenters. The third kappa shape index (κ3) is 7.36. The maximum atomic E-state index is 13.2. The van der Waals surface area contributed by atoms with E-state index in [0.29, 0.717) is 50.5 Å². The molecule has 3 aromatic carbocycles. The Bertz CT molecular complexity index is 1380. The zero-order chi connectivity index (χ0) is 30.3. The quantitative estimate of drug-likeness (QED) is 0.368. The number of ether oxygens (including phenoxy) is 3. The predicted octanol–water partition coefficient (Wildman–Crippen LogP) is 3.28. The Morgan fingerprint density at radius 2 is 1.58 bits per heavy atom. The van der Waals surface area contributed by atoms with Gasteiger partial charge >= 0.3 is 0 Å². The third-order valence-electron chi connectivity index (χ3n) is 8.37. The zero-order valence-electron chi connectivity index (χ0n) is 25.2. The Balaban J connectivity index is 1.25. The lowest BCUT2D eigenvalue weighted by Crippen LogP contribution is -2.45. The summed E-state index contributed by atoms with van der Waals surface area (Å²) in [5.41, 5.74) is 4.68. The fourth-order valence-electron chi connectivity index (χ4n) is 5.99. The molecular formula is C34H41N3O6. The minimum Gasteiger partial charge on any atom is -0.497 e. The van der Waals surface area contributed by atoms with Gasteiger partial charge in [-0.1, -0.05) is 30.3 Å². The van der Waals surface area contributed by atoms with E-state index in [-0.39, 0.29) is 24.4 Å². The molecule has 9 nitrogen and oxygen atoms in total.